The van der Waals surface area contributed by atoms with Crippen molar-refractivity contribution >= 4 is 22.7 Å². The van der Waals surface area contributed by atoms with Gasteiger partial charge in [0.2, 0.25) is 0 Å². The summed E-state index contributed by atoms with van der Waals surface area (Å²) in [5.74, 6) is 0.425. The third-order valence-corrected chi connectivity index (χ3v) is 6.98. The second kappa shape index (κ2) is 6.14. The number of aromatic nitrogens is 1. The SMILES string of the molecule is Cc1ccc2c(c1)c1c3n2CC(Sc2ccc(F)cc2)CC3CN(C)C1. The molecule has 134 valence electrons. The number of benzene rings is 2. The van der Waals surface area contributed by atoms with Crippen LogP contribution >= 0.6 is 11.8 Å². The molecule has 2 atom stereocenters. The molecule has 3 heterocycles. The Morgan fingerprint density at radius 3 is 2.69 bits per heavy atom. The van der Waals surface area contributed by atoms with E-state index in [1.165, 1.54) is 28.5 Å². The van der Waals surface area contributed by atoms with Crippen molar-refractivity contribution in [1.82, 2.24) is 9.47 Å². The molecule has 2 unspecified atom stereocenters. The summed E-state index contributed by atoms with van der Waals surface area (Å²) in [5.41, 5.74) is 5.82. The summed E-state index contributed by atoms with van der Waals surface area (Å²) in [6, 6.07) is 13.8. The lowest BCUT2D eigenvalue weighted by atomic mass is 9.89. The number of rotatable bonds is 2. The summed E-state index contributed by atoms with van der Waals surface area (Å²) < 4.78 is 15.8. The average molecular weight is 367 g/mol. The molecular weight excluding hydrogens is 343 g/mol. The molecule has 0 spiro atoms. The molecule has 0 aliphatic carbocycles. The summed E-state index contributed by atoms with van der Waals surface area (Å²) in [5, 5.41) is 1.96. The molecule has 2 nitrogen and oxygen atoms in total. The molecule has 1 aromatic heterocycles. The van der Waals surface area contributed by atoms with Gasteiger partial charge in [-0.1, -0.05) is 11.6 Å². The van der Waals surface area contributed by atoms with E-state index in [1.54, 1.807) is 17.8 Å². The van der Waals surface area contributed by atoms with Crippen LogP contribution < -0.4 is 0 Å². The van der Waals surface area contributed by atoms with Crippen molar-refractivity contribution in [3.05, 3.63) is 65.1 Å². The van der Waals surface area contributed by atoms with E-state index in [9.17, 15) is 4.39 Å². The lowest BCUT2D eigenvalue weighted by molar-refractivity contribution is 0.256. The van der Waals surface area contributed by atoms with Crippen molar-refractivity contribution < 1.29 is 4.39 Å². The Hall–Kier alpha value is -1.78. The zero-order chi connectivity index (χ0) is 17.8. The number of thioether (sulfide) groups is 1. The molecule has 26 heavy (non-hydrogen) atoms. The highest BCUT2D eigenvalue weighted by molar-refractivity contribution is 8.00. The first kappa shape index (κ1) is 16.4. The first-order valence-electron chi connectivity index (χ1n) is 9.31. The number of hydrogen-bond acceptors (Lipinski definition) is 2. The summed E-state index contributed by atoms with van der Waals surface area (Å²) in [4.78, 5) is 3.63. The second-order valence-electron chi connectivity index (χ2n) is 7.82. The summed E-state index contributed by atoms with van der Waals surface area (Å²) in [7, 11) is 2.23. The third-order valence-electron chi connectivity index (χ3n) is 5.76. The van der Waals surface area contributed by atoms with Crippen molar-refractivity contribution in [3.8, 4) is 0 Å². The maximum absolute atomic E-state index is 13.2. The lowest BCUT2D eigenvalue weighted by Gasteiger charge is -2.38. The molecule has 0 saturated carbocycles. The molecule has 0 fully saturated rings. The number of fused-ring (bicyclic) bond motifs is 3. The van der Waals surface area contributed by atoms with Crippen LogP contribution in [-0.4, -0.2) is 28.3 Å². The van der Waals surface area contributed by atoms with Gasteiger partial charge in [-0.25, -0.2) is 4.39 Å². The molecule has 2 aliphatic rings. The standard InChI is InChI=1S/C22H23FN2S/c1-14-3-8-21-19(9-14)20-13-24(2)11-15-10-18(12-25(21)22(15)20)26-17-6-4-16(23)5-7-17/h3-9,15,18H,10-13H2,1-2H3. The predicted molar refractivity (Wildman–Crippen MR) is 106 cm³/mol. The zero-order valence-electron chi connectivity index (χ0n) is 15.2. The van der Waals surface area contributed by atoms with Gasteiger partial charge in [0.05, 0.1) is 0 Å². The zero-order valence-corrected chi connectivity index (χ0v) is 16.0. The second-order valence-corrected chi connectivity index (χ2v) is 9.19. The van der Waals surface area contributed by atoms with E-state index in [2.05, 4.69) is 41.6 Å². The molecule has 3 aromatic rings. The minimum absolute atomic E-state index is 0.161. The van der Waals surface area contributed by atoms with Crippen LogP contribution in [0.4, 0.5) is 4.39 Å². The van der Waals surface area contributed by atoms with Gasteiger partial charge in [-0.3, -0.25) is 0 Å². The average Bonchev–Trinajstić information content (AvgIpc) is 2.91. The maximum Gasteiger partial charge on any atom is 0.123 e. The Kier molecular flexibility index (Phi) is 3.87. The number of nitrogens with zero attached hydrogens (tertiary/aromatic N) is 2. The van der Waals surface area contributed by atoms with Crippen LogP contribution in [0.3, 0.4) is 0 Å². The van der Waals surface area contributed by atoms with Crippen molar-refractivity contribution in [1.29, 1.82) is 0 Å². The fraction of sp³-hybridized carbons (Fsp3) is 0.364. The molecule has 0 radical (unpaired) electrons. The van der Waals surface area contributed by atoms with E-state index in [-0.39, 0.29) is 5.82 Å². The lowest BCUT2D eigenvalue weighted by Crippen LogP contribution is -2.36. The highest BCUT2D eigenvalue weighted by Gasteiger charge is 2.36. The molecule has 0 N–H and O–H groups in total. The van der Waals surface area contributed by atoms with Gasteiger partial charge in [0.25, 0.3) is 0 Å². The Morgan fingerprint density at radius 1 is 1.08 bits per heavy atom. The van der Waals surface area contributed by atoms with Crippen LogP contribution in [0.25, 0.3) is 10.9 Å². The van der Waals surface area contributed by atoms with Crippen molar-refractivity contribution in [3.63, 3.8) is 0 Å². The van der Waals surface area contributed by atoms with E-state index >= 15 is 0 Å². The van der Waals surface area contributed by atoms with Gasteiger partial charge in [-0.2, -0.15) is 0 Å². The summed E-state index contributed by atoms with van der Waals surface area (Å²) >= 11 is 1.90. The minimum Gasteiger partial charge on any atom is -0.343 e. The number of hydrogen-bond donors (Lipinski definition) is 0. The van der Waals surface area contributed by atoms with Gasteiger partial charge in [-0.05, 0) is 62.4 Å². The number of halogens is 1. The first-order valence-corrected chi connectivity index (χ1v) is 10.2. The topological polar surface area (TPSA) is 8.17 Å². The molecule has 2 aromatic carbocycles. The highest BCUT2D eigenvalue weighted by Crippen LogP contribution is 2.44. The Morgan fingerprint density at radius 2 is 1.88 bits per heavy atom. The van der Waals surface area contributed by atoms with Crippen LogP contribution in [0, 0.1) is 12.7 Å². The van der Waals surface area contributed by atoms with Gasteiger partial charge in [0.15, 0.2) is 0 Å². The Bertz CT molecular complexity index is 976. The Labute approximate surface area is 158 Å². The van der Waals surface area contributed by atoms with E-state index in [1.807, 2.05) is 23.9 Å². The predicted octanol–water partition coefficient (Wildman–Crippen LogP) is 5.18. The molecule has 4 heteroatoms. The number of aryl methyl sites for hydroxylation is 1. The molecule has 0 amide bonds. The van der Waals surface area contributed by atoms with Gasteiger partial charge in [0, 0.05) is 52.3 Å². The quantitative estimate of drug-likeness (QED) is 0.617. The van der Waals surface area contributed by atoms with Gasteiger partial charge in [-0.15, -0.1) is 11.8 Å². The largest absolute Gasteiger partial charge is 0.343 e. The first-order chi connectivity index (χ1) is 12.6. The Balaban J connectivity index is 1.56. The number of likely N-dealkylation sites (N-methyl/N-ethyl adjacent to an activating group) is 1. The fourth-order valence-electron chi connectivity index (χ4n) is 4.76. The van der Waals surface area contributed by atoms with Crippen LogP contribution in [0.2, 0.25) is 0 Å². The van der Waals surface area contributed by atoms with E-state index in [4.69, 9.17) is 0 Å². The van der Waals surface area contributed by atoms with Crippen molar-refractivity contribution in [2.24, 2.45) is 0 Å². The monoisotopic (exact) mass is 366 g/mol. The van der Waals surface area contributed by atoms with Crippen LogP contribution in [0.1, 0.15) is 29.2 Å². The van der Waals surface area contributed by atoms with Crippen molar-refractivity contribution in [2.75, 3.05) is 13.6 Å². The molecular formula is C22H23FN2S. The molecule has 0 bridgehead atoms. The van der Waals surface area contributed by atoms with E-state index < -0.39 is 0 Å². The van der Waals surface area contributed by atoms with Gasteiger partial charge >= 0.3 is 0 Å². The van der Waals surface area contributed by atoms with Gasteiger partial charge in [0.1, 0.15) is 5.82 Å². The summed E-state index contributed by atoms with van der Waals surface area (Å²) in [6.07, 6.45) is 1.19. The fourth-order valence-corrected chi connectivity index (χ4v) is 5.99. The van der Waals surface area contributed by atoms with Gasteiger partial charge < -0.3 is 9.47 Å². The van der Waals surface area contributed by atoms with Crippen LogP contribution in [0.5, 0.6) is 0 Å². The van der Waals surface area contributed by atoms with E-state index in [0.29, 0.717) is 11.2 Å². The normalized spacial score (nSPS) is 22.6. The van der Waals surface area contributed by atoms with E-state index in [0.717, 1.165) is 24.5 Å². The molecule has 0 saturated heterocycles. The smallest absolute Gasteiger partial charge is 0.123 e. The van der Waals surface area contributed by atoms with Crippen molar-refractivity contribution in [2.45, 2.75) is 42.5 Å². The molecule has 5 rings (SSSR count). The highest BCUT2D eigenvalue weighted by atomic mass is 32.2. The molecule has 2 aliphatic heterocycles. The minimum atomic E-state index is -0.161. The van der Waals surface area contributed by atoms with Crippen LogP contribution in [-0.2, 0) is 13.1 Å². The summed E-state index contributed by atoms with van der Waals surface area (Å²) in [6.45, 7) is 5.40. The maximum atomic E-state index is 13.2. The van der Waals surface area contributed by atoms with Crippen LogP contribution in [0.15, 0.2) is 47.4 Å². The third kappa shape index (κ3) is 2.67.